The monoisotopic (exact) mass is 571 g/mol. The molecule has 2 aromatic rings. The predicted molar refractivity (Wildman–Crippen MR) is 156 cm³/mol. The normalized spacial score (nSPS) is 23.8. The Kier molecular flexibility index (Phi) is 10.2. The molecule has 0 bridgehead atoms. The number of hydrogen-bond acceptors (Lipinski definition) is 7. The van der Waals surface area contributed by atoms with Crippen LogP contribution < -0.4 is 9.80 Å². The van der Waals surface area contributed by atoms with Crippen LogP contribution in [-0.4, -0.2) is 56.6 Å². The Bertz CT molecular complexity index is 1150. The van der Waals surface area contributed by atoms with Gasteiger partial charge in [-0.05, 0) is 57.1 Å². The van der Waals surface area contributed by atoms with E-state index in [1.807, 2.05) is 41.3 Å². The minimum absolute atomic E-state index is 0.00927. The summed E-state index contributed by atoms with van der Waals surface area (Å²) in [6.45, 7) is 9.09. The second-order valence-electron chi connectivity index (χ2n) is 11.6. The zero-order valence-electron chi connectivity index (χ0n) is 24.3. The van der Waals surface area contributed by atoms with E-state index in [0.717, 1.165) is 62.1 Å². The summed E-state index contributed by atoms with van der Waals surface area (Å²) in [5, 5.41) is 0. The number of piperidine rings is 1. The summed E-state index contributed by atoms with van der Waals surface area (Å²) in [5.41, 5.74) is 1.56. The number of rotatable bonds is 8. The Morgan fingerprint density at radius 3 is 2.20 bits per heavy atom. The molecular formula is C31H43N2O6S+. The molecule has 40 heavy (non-hydrogen) atoms. The minimum Gasteiger partial charge on any atom is -0.431 e. The van der Waals surface area contributed by atoms with Crippen LogP contribution in [0.2, 0.25) is 0 Å². The molecular weight excluding hydrogens is 528 g/mol. The van der Waals surface area contributed by atoms with E-state index in [4.69, 9.17) is 14.2 Å². The van der Waals surface area contributed by atoms with Crippen LogP contribution in [0.5, 0.6) is 0 Å². The molecule has 1 aromatic heterocycles. The molecule has 2 aliphatic rings. The first-order valence-electron chi connectivity index (χ1n) is 14.5. The van der Waals surface area contributed by atoms with Crippen LogP contribution in [0.3, 0.4) is 0 Å². The van der Waals surface area contributed by atoms with E-state index in [2.05, 4.69) is 14.0 Å². The van der Waals surface area contributed by atoms with Crippen LogP contribution >= 0.6 is 11.3 Å². The van der Waals surface area contributed by atoms with Crippen molar-refractivity contribution in [3.63, 3.8) is 0 Å². The molecule has 1 aromatic carbocycles. The van der Waals surface area contributed by atoms with Gasteiger partial charge in [0.15, 0.2) is 0 Å². The first-order valence-corrected chi connectivity index (χ1v) is 15.4. The standard InChI is InChI=1S/C31H42N2O6S/c1-20(2)37-31(36)39-22(4)38-30(35)28-26(19-27(40-28)23-9-7-6-8-10-23)33(25-15-17-32(5)18-16-25)29(34)24-13-11-21(3)12-14-24/h6-10,19-22,24-25H,11-18H2,1-5H3/p+1. The number of nitrogens with one attached hydrogen (secondary N) is 1. The molecule has 1 aliphatic heterocycles. The van der Waals surface area contributed by atoms with E-state index >= 15 is 0 Å². The molecule has 0 spiro atoms. The number of ether oxygens (including phenoxy) is 3. The van der Waals surface area contributed by atoms with Crippen LogP contribution in [0.15, 0.2) is 36.4 Å². The van der Waals surface area contributed by atoms with Gasteiger partial charge in [-0.25, -0.2) is 9.59 Å². The van der Waals surface area contributed by atoms with Crippen molar-refractivity contribution >= 4 is 35.1 Å². The Labute approximate surface area is 241 Å². The number of hydrogen-bond donors (Lipinski definition) is 1. The van der Waals surface area contributed by atoms with Crippen LogP contribution in [-0.2, 0) is 19.0 Å². The maximum atomic E-state index is 14.3. The lowest BCUT2D eigenvalue weighted by atomic mass is 9.82. The third-order valence-electron chi connectivity index (χ3n) is 7.86. The van der Waals surface area contributed by atoms with Crippen molar-refractivity contribution in [1.82, 2.24) is 0 Å². The minimum atomic E-state index is -1.15. The maximum absolute atomic E-state index is 14.3. The lowest BCUT2D eigenvalue weighted by Gasteiger charge is -2.38. The fourth-order valence-corrected chi connectivity index (χ4v) is 6.63. The number of esters is 1. The first kappa shape index (κ1) is 30.1. The quantitative estimate of drug-likeness (QED) is 0.341. The highest BCUT2D eigenvalue weighted by molar-refractivity contribution is 7.18. The number of benzene rings is 1. The Morgan fingerprint density at radius 1 is 0.925 bits per heavy atom. The van der Waals surface area contributed by atoms with Gasteiger partial charge in [0.25, 0.3) is 0 Å². The van der Waals surface area contributed by atoms with E-state index in [9.17, 15) is 14.4 Å². The van der Waals surface area contributed by atoms with E-state index in [0.29, 0.717) is 16.5 Å². The molecule has 2 heterocycles. The van der Waals surface area contributed by atoms with Gasteiger partial charge < -0.3 is 24.0 Å². The van der Waals surface area contributed by atoms with Crippen molar-refractivity contribution in [3.05, 3.63) is 41.3 Å². The molecule has 1 saturated carbocycles. The molecule has 9 heteroatoms. The number of carbonyl (C=O) groups excluding carboxylic acids is 3. The fraction of sp³-hybridized carbons (Fsp3) is 0.581. The summed E-state index contributed by atoms with van der Waals surface area (Å²) < 4.78 is 15.7. The highest BCUT2D eigenvalue weighted by atomic mass is 32.1. The van der Waals surface area contributed by atoms with Crippen molar-refractivity contribution in [2.45, 2.75) is 84.7 Å². The molecule has 0 radical (unpaired) electrons. The summed E-state index contributed by atoms with van der Waals surface area (Å²) in [5.74, 6) is 0.0539. The van der Waals surface area contributed by atoms with Crippen molar-refractivity contribution in [3.8, 4) is 10.4 Å². The molecule has 1 saturated heterocycles. The van der Waals surface area contributed by atoms with Crippen molar-refractivity contribution < 1.29 is 33.5 Å². The summed E-state index contributed by atoms with van der Waals surface area (Å²) in [6, 6.07) is 11.8. The number of anilines is 1. The molecule has 1 aliphatic carbocycles. The number of thiophene rings is 1. The lowest BCUT2D eigenvalue weighted by molar-refractivity contribution is -0.884. The molecule has 1 N–H and O–H groups in total. The number of carbonyl (C=O) groups is 3. The van der Waals surface area contributed by atoms with Gasteiger partial charge in [-0.1, -0.05) is 37.3 Å². The van der Waals surface area contributed by atoms with Crippen LogP contribution in [0, 0.1) is 11.8 Å². The second kappa shape index (κ2) is 13.6. The summed E-state index contributed by atoms with van der Waals surface area (Å²) in [6.07, 6.45) is 3.14. The summed E-state index contributed by atoms with van der Waals surface area (Å²) >= 11 is 1.30. The van der Waals surface area contributed by atoms with Gasteiger partial charge in [0, 0.05) is 36.6 Å². The highest BCUT2D eigenvalue weighted by Gasteiger charge is 2.38. The van der Waals surface area contributed by atoms with Gasteiger partial charge in [0.1, 0.15) is 4.88 Å². The van der Waals surface area contributed by atoms with Gasteiger partial charge in [-0.15, -0.1) is 11.3 Å². The molecule has 4 rings (SSSR count). The first-order chi connectivity index (χ1) is 19.1. The Morgan fingerprint density at radius 2 is 1.57 bits per heavy atom. The molecule has 1 amide bonds. The number of quaternary nitrogens is 1. The van der Waals surface area contributed by atoms with E-state index < -0.39 is 18.4 Å². The molecule has 218 valence electrons. The number of amides is 1. The van der Waals surface area contributed by atoms with E-state index in [1.54, 1.807) is 13.8 Å². The molecule has 8 nitrogen and oxygen atoms in total. The van der Waals surface area contributed by atoms with Crippen molar-refractivity contribution in [2.75, 3.05) is 25.0 Å². The maximum Gasteiger partial charge on any atom is 0.511 e. The zero-order valence-corrected chi connectivity index (χ0v) is 25.1. The van der Waals surface area contributed by atoms with Gasteiger partial charge in [-0.3, -0.25) is 4.79 Å². The van der Waals surface area contributed by atoms with E-state index in [1.165, 1.54) is 23.2 Å². The van der Waals surface area contributed by atoms with E-state index in [-0.39, 0.29) is 24.0 Å². The smallest absolute Gasteiger partial charge is 0.431 e. The lowest BCUT2D eigenvalue weighted by Crippen LogP contribution is -3.10. The number of nitrogens with zero attached hydrogens (tertiary/aromatic N) is 1. The van der Waals surface area contributed by atoms with Crippen LogP contribution in [0.1, 0.15) is 75.9 Å². The number of likely N-dealkylation sites (tertiary alicyclic amines) is 1. The third-order valence-corrected chi connectivity index (χ3v) is 9.01. The Balaban J connectivity index is 1.69. The Hall–Kier alpha value is -2.91. The molecule has 2 fully saturated rings. The summed E-state index contributed by atoms with van der Waals surface area (Å²) in [4.78, 5) is 44.5. The fourth-order valence-electron chi connectivity index (χ4n) is 5.59. The van der Waals surface area contributed by atoms with Gasteiger partial charge in [0.2, 0.25) is 12.2 Å². The van der Waals surface area contributed by atoms with Crippen LogP contribution in [0.4, 0.5) is 10.5 Å². The largest absolute Gasteiger partial charge is 0.511 e. The predicted octanol–water partition coefficient (Wildman–Crippen LogP) is 5.32. The zero-order chi connectivity index (χ0) is 28.8. The van der Waals surface area contributed by atoms with Crippen molar-refractivity contribution in [2.24, 2.45) is 11.8 Å². The van der Waals surface area contributed by atoms with Crippen LogP contribution in [0.25, 0.3) is 10.4 Å². The van der Waals surface area contributed by atoms with Gasteiger partial charge in [-0.2, -0.15) is 0 Å². The van der Waals surface area contributed by atoms with Crippen molar-refractivity contribution in [1.29, 1.82) is 0 Å². The van der Waals surface area contributed by atoms with Gasteiger partial charge in [0.05, 0.1) is 31.9 Å². The average Bonchev–Trinajstić information content (AvgIpc) is 3.35. The average molecular weight is 572 g/mol. The van der Waals surface area contributed by atoms with Gasteiger partial charge >= 0.3 is 12.1 Å². The topological polar surface area (TPSA) is 86.6 Å². The third kappa shape index (κ3) is 7.63. The highest BCUT2D eigenvalue weighted by Crippen LogP contribution is 2.41. The second-order valence-corrected chi connectivity index (χ2v) is 12.6. The SMILES string of the molecule is CC1CCC(C(=O)N(c2cc(-c3ccccc3)sc2C(=O)OC(C)OC(=O)OC(C)C)C2CC[NH+](C)CC2)CC1. The molecule has 1 atom stereocenters. The molecule has 1 unspecified atom stereocenters. The summed E-state index contributed by atoms with van der Waals surface area (Å²) in [7, 11) is 2.18.